The zero-order valence-corrected chi connectivity index (χ0v) is 14.5. The lowest BCUT2D eigenvalue weighted by Crippen LogP contribution is -2.05. The van der Waals surface area contributed by atoms with Crippen LogP contribution in [0.3, 0.4) is 0 Å². The summed E-state index contributed by atoms with van der Waals surface area (Å²) in [5.41, 5.74) is 1.34. The van der Waals surface area contributed by atoms with Crippen LogP contribution in [-0.4, -0.2) is 12.9 Å². The molecule has 0 aliphatic carbocycles. The number of rotatable bonds is 4. The number of methoxy groups -OCH3 is 1. The molecule has 0 spiro atoms. The molecule has 2 nitrogen and oxygen atoms in total. The zero-order valence-electron chi connectivity index (χ0n) is 10.6. The van der Waals surface area contributed by atoms with Crippen LogP contribution in [-0.2, 0) is 6.42 Å². The molecule has 0 saturated heterocycles. The zero-order chi connectivity index (χ0) is 14.7. The molecule has 0 bridgehead atoms. The summed E-state index contributed by atoms with van der Waals surface area (Å²) >= 11 is 12.8. The number of hydrogen-bond acceptors (Lipinski definition) is 2. The molecule has 2 rings (SSSR count). The third-order valence-electron chi connectivity index (χ3n) is 2.82. The standard InChI is InChI=1S/C15H11Br2ClO2/c1-20-15-5-3-10(16)6-9(15)7-14(19)12-4-2-11(17)8-13(12)18/h2-6,8H,7H2,1H3. The summed E-state index contributed by atoms with van der Waals surface area (Å²) in [6.45, 7) is 0. The van der Waals surface area contributed by atoms with E-state index in [0.29, 0.717) is 16.3 Å². The van der Waals surface area contributed by atoms with E-state index in [1.54, 1.807) is 25.3 Å². The predicted molar refractivity (Wildman–Crippen MR) is 87.9 cm³/mol. The van der Waals surface area contributed by atoms with E-state index in [1.165, 1.54) is 0 Å². The van der Waals surface area contributed by atoms with Crippen LogP contribution in [0, 0.1) is 0 Å². The van der Waals surface area contributed by atoms with Crippen molar-refractivity contribution in [1.29, 1.82) is 0 Å². The van der Waals surface area contributed by atoms with Crippen LogP contribution in [0.15, 0.2) is 45.3 Å². The second-order valence-corrected chi connectivity index (χ2v) is 6.42. The highest BCUT2D eigenvalue weighted by Crippen LogP contribution is 2.27. The van der Waals surface area contributed by atoms with E-state index in [2.05, 4.69) is 31.9 Å². The molecule has 0 unspecified atom stereocenters. The number of ketones is 1. The quantitative estimate of drug-likeness (QED) is 0.630. The maximum Gasteiger partial charge on any atom is 0.168 e. The number of carbonyl (C=O) groups excluding carboxylic acids is 1. The third-order valence-corrected chi connectivity index (χ3v) is 4.12. The first-order valence-electron chi connectivity index (χ1n) is 5.82. The summed E-state index contributed by atoms with van der Waals surface area (Å²) in [6, 6.07) is 10.8. The van der Waals surface area contributed by atoms with Crippen molar-refractivity contribution in [3.05, 3.63) is 61.5 Å². The SMILES string of the molecule is COc1ccc(Br)cc1CC(=O)c1ccc(Br)cc1Cl. The summed E-state index contributed by atoms with van der Waals surface area (Å²) in [5.74, 6) is 0.647. The summed E-state index contributed by atoms with van der Waals surface area (Å²) in [4.78, 5) is 12.4. The van der Waals surface area contributed by atoms with Crippen LogP contribution < -0.4 is 4.74 Å². The van der Waals surface area contributed by atoms with Gasteiger partial charge in [0.1, 0.15) is 5.75 Å². The summed E-state index contributed by atoms with van der Waals surface area (Å²) in [5, 5.41) is 0.443. The molecule has 0 amide bonds. The van der Waals surface area contributed by atoms with Crippen LogP contribution >= 0.6 is 43.5 Å². The van der Waals surface area contributed by atoms with E-state index in [0.717, 1.165) is 14.5 Å². The maximum absolute atomic E-state index is 12.4. The molecule has 0 aromatic heterocycles. The van der Waals surface area contributed by atoms with Gasteiger partial charge in [-0.2, -0.15) is 0 Å². The second kappa shape index (κ2) is 6.74. The van der Waals surface area contributed by atoms with Gasteiger partial charge in [-0.25, -0.2) is 0 Å². The fourth-order valence-corrected chi connectivity index (χ4v) is 3.06. The van der Waals surface area contributed by atoms with Crippen LogP contribution in [0.1, 0.15) is 15.9 Å². The Labute approximate surface area is 139 Å². The smallest absolute Gasteiger partial charge is 0.168 e. The highest BCUT2D eigenvalue weighted by Gasteiger charge is 2.14. The van der Waals surface area contributed by atoms with E-state index in [-0.39, 0.29) is 12.2 Å². The average Bonchev–Trinajstić information content (AvgIpc) is 2.38. The Morgan fingerprint density at radius 1 is 1.15 bits per heavy atom. The first-order chi connectivity index (χ1) is 9.51. The summed E-state index contributed by atoms with van der Waals surface area (Å²) in [7, 11) is 1.59. The summed E-state index contributed by atoms with van der Waals surface area (Å²) in [6.07, 6.45) is 0.240. The van der Waals surface area contributed by atoms with Gasteiger partial charge in [-0.3, -0.25) is 4.79 Å². The number of halogens is 3. The molecule has 0 atom stereocenters. The highest BCUT2D eigenvalue weighted by molar-refractivity contribution is 9.10. The van der Waals surface area contributed by atoms with Gasteiger partial charge in [-0.1, -0.05) is 43.5 Å². The van der Waals surface area contributed by atoms with Gasteiger partial charge in [0.25, 0.3) is 0 Å². The van der Waals surface area contributed by atoms with Gasteiger partial charge >= 0.3 is 0 Å². The molecule has 5 heteroatoms. The number of hydrogen-bond donors (Lipinski definition) is 0. The van der Waals surface area contributed by atoms with E-state index in [4.69, 9.17) is 16.3 Å². The number of benzene rings is 2. The Hall–Kier alpha value is -0.840. The second-order valence-electron chi connectivity index (χ2n) is 4.18. The highest BCUT2D eigenvalue weighted by atomic mass is 79.9. The lowest BCUT2D eigenvalue weighted by molar-refractivity contribution is 0.0992. The van der Waals surface area contributed by atoms with Crippen molar-refractivity contribution >= 4 is 49.2 Å². The van der Waals surface area contributed by atoms with E-state index in [1.807, 2.05) is 18.2 Å². The first-order valence-corrected chi connectivity index (χ1v) is 7.78. The van der Waals surface area contributed by atoms with Crippen molar-refractivity contribution in [2.45, 2.75) is 6.42 Å². The average molecular weight is 419 g/mol. The molecule has 2 aromatic carbocycles. The Bertz CT molecular complexity index is 656. The maximum atomic E-state index is 12.4. The van der Waals surface area contributed by atoms with Gasteiger partial charge < -0.3 is 4.74 Å². The third kappa shape index (κ3) is 3.62. The van der Waals surface area contributed by atoms with E-state index >= 15 is 0 Å². The Morgan fingerprint density at radius 3 is 2.45 bits per heavy atom. The van der Waals surface area contributed by atoms with Crippen molar-refractivity contribution in [1.82, 2.24) is 0 Å². The number of ether oxygens (including phenoxy) is 1. The lowest BCUT2D eigenvalue weighted by atomic mass is 10.0. The Balaban J connectivity index is 2.30. The van der Waals surface area contributed by atoms with Crippen LogP contribution in [0.4, 0.5) is 0 Å². The minimum atomic E-state index is -0.0427. The largest absolute Gasteiger partial charge is 0.496 e. The molecule has 0 aliphatic heterocycles. The number of carbonyl (C=O) groups is 1. The fraction of sp³-hybridized carbons (Fsp3) is 0.133. The van der Waals surface area contributed by atoms with Gasteiger partial charge in [-0.15, -0.1) is 0 Å². The monoisotopic (exact) mass is 416 g/mol. The predicted octanol–water partition coefficient (Wildman–Crippen LogP) is 5.30. The molecule has 0 saturated carbocycles. The topological polar surface area (TPSA) is 26.3 Å². The van der Waals surface area contributed by atoms with Crippen molar-refractivity contribution in [2.24, 2.45) is 0 Å². The Kier molecular flexibility index (Phi) is 5.24. The van der Waals surface area contributed by atoms with Crippen molar-refractivity contribution in [3.63, 3.8) is 0 Å². The van der Waals surface area contributed by atoms with Crippen molar-refractivity contribution in [3.8, 4) is 5.75 Å². The molecule has 20 heavy (non-hydrogen) atoms. The fourth-order valence-electron chi connectivity index (χ4n) is 1.87. The number of Topliss-reactive ketones (excluding diaryl/α,β-unsaturated/α-hetero) is 1. The molecule has 0 fully saturated rings. The van der Waals surface area contributed by atoms with E-state index < -0.39 is 0 Å². The molecule has 0 heterocycles. The van der Waals surface area contributed by atoms with Crippen LogP contribution in [0.5, 0.6) is 5.75 Å². The molecular formula is C15H11Br2ClO2. The molecule has 0 N–H and O–H groups in total. The van der Waals surface area contributed by atoms with Crippen LogP contribution in [0.2, 0.25) is 5.02 Å². The van der Waals surface area contributed by atoms with Crippen LogP contribution in [0.25, 0.3) is 0 Å². The Morgan fingerprint density at radius 2 is 1.80 bits per heavy atom. The van der Waals surface area contributed by atoms with Crippen molar-refractivity contribution < 1.29 is 9.53 Å². The molecule has 0 radical (unpaired) electrons. The van der Waals surface area contributed by atoms with E-state index in [9.17, 15) is 4.79 Å². The van der Waals surface area contributed by atoms with Gasteiger partial charge in [0.15, 0.2) is 5.78 Å². The molecular weight excluding hydrogens is 407 g/mol. The molecule has 2 aromatic rings. The van der Waals surface area contributed by atoms with Crippen molar-refractivity contribution in [2.75, 3.05) is 7.11 Å². The van der Waals surface area contributed by atoms with Gasteiger partial charge in [0.05, 0.1) is 12.1 Å². The minimum absolute atomic E-state index is 0.0427. The first kappa shape index (κ1) is 15.5. The summed E-state index contributed by atoms with van der Waals surface area (Å²) < 4.78 is 7.02. The minimum Gasteiger partial charge on any atom is -0.496 e. The van der Waals surface area contributed by atoms with Gasteiger partial charge in [-0.05, 0) is 36.4 Å². The van der Waals surface area contributed by atoms with Gasteiger partial charge in [0, 0.05) is 26.5 Å². The van der Waals surface area contributed by atoms with Gasteiger partial charge in [0.2, 0.25) is 0 Å². The molecule has 104 valence electrons. The lowest BCUT2D eigenvalue weighted by Gasteiger charge is -2.09. The normalized spacial score (nSPS) is 10.4. The molecule has 0 aliphatic rings.